The molecule has 0 radical (unpaired) electrons. The average Bonchev–Trinajstić information content (AvgIpc) is 3.06. The lowest BCUT2D eigenvalue weighted by Crippen LogP contribution is -2.21. The number of aromatic hydroxyl groups is 1. The van der Waals surface area contributed by atoms with Crippen LogP contribution in [0, 0.1) is 0 Å². The smallest absolute Gasteiger partial charge is 0.420 e. The van der Waals surface area contributed by atoms with Crippen molar-refractivity contribution in [3.63, 3.8) is 0 Å². The Morgan fingerprint density at radius 3 is 2.08 bits per heavy atom. The number of fused-ring (bicyclic) bond motifs is 1. The predicted octanol–water partition coefficient (Wildman–Crippen LogP) is 6.19. The van der Waals surface area contributed by atoms with Crippen LogP contribution in [-0.4, -0.2) is 55.1 Å². The van der Waals surface area contributed by atoms with Crippen LogP contribution in [0.15, 0.2) is 36.4 Å². The number of aldehydes is 1. The Hall–Kier alpha value is -2.88. The number of methoxy groups -OCH3 is 1. The lowest BCUT2D eigenvalue weighted by Gasteiger charge is -2.15. The van der Waals surface area contributed by atoms with Crippen molar-refractivity contribution in [3.8, 4) is 5.75 Å². The fourth-order valence-corrected chi connectivity index (χ4v) is 3.63. The third-order valence-corrected chi connectivity index (χ3v) is 4.91. The molecule has 6 nitrogen and oxygen atoms in total. The molecule has 0 amide bonds. The van der Waals surface area contributed by atoms with Gasteiger partial charge in [0.05, 0.1) is 5.52 Å². The summed E-state index contributed by atoms with van der Waals surface area (Å²) in [7, 11) is 6.64. The van der Waals surface area contributed by atoms with Gasteiger partial charge in [0.2, 0.25) is 0 Å². The van der Waals surface area contributed by atoms with Crippen LogP contribution in [0.25, 0.3) is 10.9 Å². The van der Waals surface area contributed by atoms with E-state index in [0.29, 0.717) is 11.3 Å². The zero-order chi connectivity index (χ0) is 27.6. The van der Waals surface area contributed by atoms with E-state index in [1.54, 1.807) is 33.2 Å². The number of phenols is 1. The fourth-order valence-electron chi connectivity index (χ4n) is 3.51. The Kier molecular flexibility index (Phi) is 12.1. The molecular formula is C26H32ClF3N2O4. The number of rotatable bonds is 5. The number of hydrogen-bond acceptors (Lipinski definition) is 5. The van der Waals surface area contributed by atoms with Crippen LogP contribution in [-0.2, 0) is 28.7 Å². The summed E-state index contributed by atoms with van der Waals surface area (Å²) in [4.78, 5) is 26.3. The summed E-state index contributed by atoms with van der Waals surface area (Å²) in [5.74, 6) is -1.53. The normalized spacial score (nSPS) is 11.0. The molecule has 3 aromatic rings. The van der Waals surface area contributed by atoms with E-state index < -0.39 is 23.4 Å². The van der Waals surface area contributed by atoms with Crippen LogP contribution in [0.4, 0.5) is 13.2 Å². The van der Waals surface area contributed by atoms with Gasteiger partial charge in [-0.25, -0.2) is 0 Å². The minimum absolute atomic E-state index is 0.0335. The standard InChI is InChI=1S/C21H18ClF3N2O3.C3H8.C2H6O/c1-26(2)11-16-14(9-10-28)18-15(7-8-17(29)19(18)21(23,24)25)27(16)20(30)12-3-5-13(22)6-4-12;2*1-3-2/h3-8,10,29H,9,11H2,1-2H3;3H2,1-2H3;1-2H3. The van der Waals surface area contributed by atoms with E-state index in [9.17, 15) is 27.9 Å². The molecule has 2 aromatic carbocycles. The molecule has 1 N–H and O–H groups in total. The highest BCUT2D eigenvalue weighted by atomic mass is 35.5. The number of benzene rings is 2. The van der Waals surface area contributed by atoms with Crippen molar-refractivity contribution < 1.29 is 32.6 Å². The first kappa shape index (κ1) is 31.2. The highest BCUT2D eigenvalue weighted by Crippen LogP contribution is 2.44. The summed E-state index contributed by atoms with van der Waals surface area (Å²) in [6.45, 7) is 4.36. The molecule has 0 aliphatic rings. The van der Waals surface area contributed by atoms with Gasteiger partial charge in [-0.05, 0) is 56.1 Å². The van der Waals surface area contributed by atoms with E-state index in [1.807, 2.05) is 0 Å². The first-order chi connectivity index (χ1) is 16.9. The topological polar surface area (TPSA) is 71.8 Å². The van der Waals surface area contributed by atoms with Crippen LogP contribution in [0.2, 0.25) is 5.02 Å². The van der Waals surface area contributed by atoms with Gasteiger partial charge in [0.1, 0.15) is 17.6 Å². The lowest BCUT2D eigenvalue weighted by molar-refractivity contribution is -0.137. The van der Waals surface area contributed by atoms with Crippen molar-refractivity contribution in [1.29, 1.82) is 0 Å². The van der Waals surface area contributed by atoms with Gasteiger partial charge in [0.15, 0.2) is 0 Å². The van der Waals surface area contributed by atoms with Crippen LogP contribution in [0.5, 0.6) is 5.75 Å². The Bertz CT molecular complexity index is 1150. The molecule has 0 saturated heterocycles. The lowest BCUT2D eigenvalue weighted by atomic mass is 10.0. The van der Waals surface area contributed by atoms with Gasteiger partial charge in [-0.3, -0.25) is 9.36 Å². The number of hydrogen-bond donors (Lipinski definition) is 1. The summed E-state index contributed by atoms with van der Waals surface area (Å²) in [6, 6.07) is 8.11. The van der Waals surface area contributed by atoms with E-state index >= 15 is 0 Å². The first-order valence-electron chi connectivity index (χ1n) is 11.1. The van der Waals surface area contributed by atoms with E-state index in [2.05, 4.69) is 18.6 Å². The van der Waals surface area contributed by atoms with Crippen molar-refractivity contribution in [2.24, 2.45) is 0 Å². The Labute approximate surface area is 214 Å². The maximum atomic E-state index is 13.8. The number of ether oxygens (including phenoxy) is 1. The zero-order valence-corrected chi connectivity index (χ0v) is 22.0. The monoisotopic (exact) mass is 528 g/mol. The fraction of sp³-hybridized carbons (Fsp3) is 0.385. The van der Waals surface area contributed by atoms with Crippen LogP contribution in [0.1, 0.15) is 47.4 Å². The molecule has 198 valence electrons. The van der Waals surface area contributed by atoms with Crippen molar-refractivity contribution in [1.82, 2.24) is 9.47 Å². The summed E-state index contributed by atoms with van der Waals surface area (Å²) in [5, 5.41) is 10.0. The molecular weight excluding hydrogens is 497 g/mol. The van der Waals surface area contributed by atoms with Crippen molar-refractivity contribution in [2.75, 3.05) is 28.3 Å². The van der Waals surface area contributed by atoms with Gasteiger partial charge in [0, 0.05) is 48.9 Å². The molecule has 0 aliphatic heterocycles. The quantitative estimate of drug-likeness (QED) is 0.400. The Morgan fingerprint density at radius 2 is 1.64 bits per heavy atom. The van der Waals surface area contributed by atoms with Crippen molar-refractivity contribution in [2.45, 2.75) is 39.4 Å². The van der Waals surface area contributed by atoms with E-state index in [1.165, 1.54) is 41.3 Å². The molecule has 0 aliphatic carbocycles. The van der Waals surface area contributed by atoms with Crippen molar-refractivity contribution in [3.05, 3.63) is 63.8 Å². The van der Waals surface area contributed by atoms with Crippen molar-refractivity contribution >= 4 is 34.7 Å². The minimum atomic E-state index is -4.88. The third kappa shape index (κ3) is 7.56. The van der Waals surface area contributed by atoms with Gasteiger partial charge in [-0.15, -0.1) is 0 Å². The Balaban J connectivity index is 0.000000982. The number of carbonyl (C=O) groups is 2. The molecule has 0 fully saturated rings. The largest absolute Gasteiger partial charge is 0.507 e. The molecule has 10 heteroatoms. The first-order valence-corrected chi connectivity index (χ1v) is 11.5. The summed E-state index contributed by atoms with van der Waals surface area (Å²) in [5.41, 5.74) is -0.777. The molecule has 0 bridgehead atoms. The third-order valence-electron chi connectivity index (χ3n) is 4.65. The molecule has 0 saturated carbocycles. The second-order valence-corrected chi connectivity index (χ2v) is 8.58. The van der Waals surface area contributed by atoms with E-state index in [4.69, 9.17) is 11.6 Å². The molecule has 3 rings (SSSR count). The number of aromatic nitrogens is 1. The molecule has 1 aromatic heterocycles. The number of alkyl halides is 3. The molecule has 0 atom stereocenters. The molecule has 0 spiro atoms. The maximum absolute atomic E-state index is 13.8. The molecule has 0 unspecified atom stereocenters. The second kappa shape index (κ2) is 14.0. The highest BCUT2D eigenvalue weighted by molar-refractivity contribution is 6.30. The van der Waals surface area contributed by atoms with E-state index in [0.717, 1.165) is 6.07 Å². The van der Waals surface area contributed by atoms with Crippen LogP contribution < -0.4 is 0 Å². The summed E-state index contributed by atoms with van der Waals surface area (Å²) < 4.78 is 46.8. The minimum Gasteiger partial charge on any atom is -0.507 e. The van der Waals surface area contributed by atoms with Gasteiger partial charge in [-0.2, -0.15) is 13.2 Å². The number of carbonyl (C=O) groups excluding carboxylic acids is 2. The SMILES string of the molecule is CCC.CN(C)Cc1c(CC=O)c2c(C(F)(F)F)c(O)ccc2n1C(=O)c1ccc(Cl)cc1.COC. The van der Waals surface area contributed by atoms with Crippen LogP contribution >= 0.6 is 11.6 Å². The molecule has 1 heterocycles. The summed E-state index contributed by atoms with van der Waals surface area (Å²) >= 11 is 5.87. The van der Waals surface area contributed by atoms with Gasteiger partial charge < -0.3 is 19.5 Å². The van der Waals surface area contributed by atoms with Gasteiger partial charge in [-0.1, -0.05) is 31.9 Å². The summed E-state index contributed by atoms with van der Waals surface area (Å²) in [6.07, 6.45) is -3.49. The number of halogens is 4. The van der Waals surface area contributed by atoms with Crippen LogP contribution in [0.3, 0.4) is 0 Å². The average molecular weight is 529 g/mol. The highest BCUT2D eigenvalue weighted by Gasteiger charge is 2.39. The zero-order valence-electron chi connectivity index (χ0n) is 21.2. The van der Waals surface area contributed by atoms with Gasteiger partial charge in [0.25, 0.3) is 5.91 Å². The van der Waals surface area contributed by atoms with Gasteiger partial charge >= 0.3 is 6.18 Å². The molecule has 36 heavy (non-hydrogen) atoms. The second-order valence-electron chi connectivity index (χ2n) is 8.15. The number of phenolic OH excluding ortho intramolecular Hbond substituents is 1. The maximum Gasteiger partial charge on any atom is 0.420 e. The number of nitrogens with zero attached hydrogens (tertiary/aromatic N) is 2. The Morgan fingerprint density at radius 1 is 1.11 bits per heavy atom. The van der Waals surface area contributed by atoms with E-state index in [-0.39, 0.29) is 40.7 Å². The predicted molar refractivity (Wildman–Crippen MR) is 136 cm³/mol.